The number of likely N-dealkylation sites (tertiary alicyclic amines) is 1. The molecule has 154 valence electrons. The number of aromatic nitrogens is 3. The van der Waals surface area contributed by atoms with Gasteiger partial charge in [-0.3, -0.25) is 9.78 Å². The van der Waals surface area contributed by atoms with E-state index in [2.05, 4.69) is 15.1 Å². The van der Waals surface area contributed by atoms with Crippen LogP contribution in [0.1, 0.15) is 35.1 Å². The standard InChI is InChI=1S/C22H22N4O4/c27-22(19-3-1-2-10-23-19)26-13-18(14-26)29-17-6-4-15(5-7-17)20-24-21(30-25-20)16-8-11-28-12-9-16/h1-7,10,16,18H,8-9,11-14H2. The quantitative estimate of drug-likeness (QED) is 0.643. The van der Waals surface area contributed by atoms with E-state index in [0.29, 0.717) is 30.5 Å². The summed E-state index contributed by atoms with van der Waals surface area (Å²) in [6.07, 6.45) is 3.43. The van der Waals surface area contributed by atoms with Gasteiger partial charge in [0.05, 0.1) is 13.1 Å². The van der Waals surface area contributed by atoms with E-state index in [4.69, 9.17) is 14.0 Å². The van der Waals surface area contributed by atoms with E-state index < -0.39 is 0 Å². The van der Waals surface area contributed by atoms with Gasteiger partial charge in [0.15, 0.2) is 0 Å². The summed E-state index contributed by atoms with van der Waals surface area (Å²) in [5.74, 6) is 2.22. The average molecular weight is 406 g/mol. The minimum atomic E-state index is -0.0664. The van der Waals surface area contributed by atoms with Crippen molar-refractivity contribution in [3.8, 4) is 17.1 Å². The fourth-order valence-corrected chi connectivity index (χ4v) is 3.67. The molecule has 2 saturated heterocycles. The van der Waals surface area contributed by atoms with E-state index in [0.717, 1.165) is 37.4 Å². The van der Waals surface area contributed by atoms with Gasteiger partial charge in [-0.2, -0.15) is 4.98 Å². The fraction of sp³-hybridized carbons (Fsp3) is 0.364. The second-order valence-electron chi connectivity index (χ2n) is 7.53. The molecular weight excluding hydrogens is 384 g/mol. The first kappa shape index (κ1) is 18.7. The molecule has 0 bridgehead atoms. The topological polar surface area (TPSA) is 90.6 Å². The highest BCUT2D eigenvalue weighted by Crippen LogP contribution is 2.28. The van der Waals surface area contributed by atoms with E-state index in [9.17, 15) is 4.79 Å². The molecule has 0 unspecified atom stereocenters. The van der Waals surface area contributed by atoms with Gasteiger partial charge in [-0.15, -0.1) is 0 Å². The molecule has 5 rings (SSSR count). The largest absolute Gasteiger partial charge is 0.487 e. The molecule has 0 radical (unpaired) electrons. The highest BCUT2D eigenvalue weighted by Gasteiger charge is 2.33. The molecule has 0 aliphatic carbocycles. The van der Waals surface area contributed by atoms with E-state index in [1.54, 1.807) is 23.2 Å². The molecule has 30 heavy (non-hydrogen) atoms. The third-order valence-electron chi connectivity index (χ3n) is 5.45. The molecule has 1 aromatic carbocycles. The number of carbonyl (C=O) groups excluding carboxylic acids is 1. The van der Waals surface area contributed by atoms with Gasteiger partial charge >= 0.3 is 0 Å². The molecule has 4 heterocycles. The van der Waals surface area contributed by atoms with E-state index in [1.807, 2.05) is 30.3 Å². The zero-order valence-corrected chi connectivity index (χ0v) is 16.4. The summed E-state index contributed by atoms with van der Waals surface area (Å²) >= 11 is 0. The lowest BCUT2D eigenvalue weighted by atomic mass is 10.0. The van der Waals surface area contributed by atoms with Crippen LogP contribution in [0.5, 0.6) is 5.75 Å². The Morgan fingerprint density at radius 1 is 1.07 bits per heavy atom. The van der Waals surface area contributed by atoms with Crippen LogP contribution in [0, 0.1) is 0 Å². The molecule has 2 aliphatic heterocycles. The van der Waals surface area contributed by atoms with Crippen molar-refractivity contribution in [2.24, 2.45) is 0 Å². The number of rotatable bonds is 5. The molecule has 8 nitrogen and oxygen atoms in total. The van der Waals surface area contributed by atoms with Crippen LogP contribution in [0.2, 0.25) is 0 Å². The maximum atomic E-state index is 12.3. The number of amides is 1. The molecule has 3 aromatic rings. The summed E-state index contributed by atoms with van der Waals surface area (Å²) in [5.41, 5.74) is 1.34. The first-order valence-corrected chi connectivity index (χ1v) is 10.1. The van der Waals surface area contributed by atoms with Gasteiger partial charge < -0.3 is 18.9 Å². The highest BCUT2D eigenvalue weighted by atomic mass is 16.5. The molecule has 2 aromatic heterocycles. The number of benzene rings is 1. The summed E-state index contributed by atoms with van der Waals surface area (Å²) in [6, 6.07) is 13.0. The molecule has 8 heteroatoms. The number of pyridine rings is 1. The monoisotopic (exact) mass is 406 g/mol. The number of ether oxygens (including phenoxy) is 2. The zero-order valence-electron chi connectivity index (χ0n) is 16.4. The molecule has 0 atom stereocenters. The highest BCUT2D eigenvalue weighted by molar-refractivity contribution is 5.92. The fourth-order valence-electron chi connectivity index (χ4n) is 3.67. The maximum Gasteiger partial charge on any atom is 0.272 e. The lowest BCUT2D eigenvalue weighted by molar-refractivity contribution is 0.0173. The van der Waals surface area contributed by atoms with Crippen molar-refractivity contribution in [2.75, 3.05) is 26.3 Å². The normalized spacial score (nSPS) is 17.5. The van der Waals surface area contributed by atoms with Crippen molar-refractivity contribution >= 4 is 5.91 Å². The van der Waals surface area contributed by atoms with E-state index in [1.165, 1.54) is 0 Å². The summed E-state index contributed by atoms with van der Waals surface area (Å²) in [7, 11) is 0. The lowest BCUT2D eigenvalue weighted by Gasteiger charge is -2.38. The minimum Gasteiger partial charge on any atom is -0.487 e. The summed E-state index contributed by atoms with van der Waals surface area (Å²) < 4.78 is 16.8. The Labute approximate surface area is 173 Å². The number of hydrogen-bond donors (Lipinski definition) is 0. The molecule has 2 aliphatic rings. The molecule has 0 saturated carbocycles. The van der Waals surface area contributed by atoms with E-state index >= 15 is 0 Å². The Morgan fingerprint density at radius 3 is 2.60 bits per heavy atom. The summed E-state index contributed by atoms with van der Waals surface area (Å²) in [6.45, 7) is 2.58. The first-order valence-electron chi connectivity index (χ1n) is 10.1. The smallest absolute Gasteiger partial charge is 0.272 e. The number of nitrogens with zero attached hydrogens (tertiary/aromatic N) is 4. The van der Waals surface area contributed by atoms with Crippen LogP contribution in [-0.4, -0.2) is 58.3 Å². The van der Waals surface area contributed by atoms with Gasteiger partial charge in [0.2, 0.25) is 11.7 Å². The number of hydrogen-bond acceptors (Lipinski definition) is 7. The predicted molar refractivity (Wildman–Crippen MR) is 107 cm³/mol. The first-order chi connectivity index (χ1) is 14.8. The molecule has 1 amide bonds. The second kappa shape index (κ2) is 8.23. The SMILES string of the molecule is O=C(c1ccccn1)N1CC(Oc2ccc(-c3noc(C4CCOCC4)n3)cc2)C1. The average Bonchev–Trinajstić information content (AvgIpc) is 3.27. The van der Waals surface area contributed by atoms with Crippen molar-refractivity contribution in [3.63, 3.8) is 0 Å². The third kappa shape index (κ3) is 3.91. The van der Waals surface area contributed by atoms with Crippen molar-refractivity contribution < 1.29 is 18.8 Å². The predicted octanol–water partition coefficient (Wildman–Crippen LogP) is 2.93. The molecule has 0 spiro atoms. The van der Waals surface area contributed by atoms with Gasteiger partial charge in [-0.25, -0.2) is 0 Å². The maximum absolute atomic E-state index is 12.3. The Kier molecular flexibility index (Phi) is 5.15. The van der Waals surface area contributed by atoms with Crippen molar-refractivity contribution in [1.29, 1.82) is 0 Å². The third-order valence-corrected chi connectivity index (χ3v) is 5.45. The zero-order chi connectivity index (χ0) is 20.3. The Hall–Kier alpha value is -3.26. The van der Waals surface area contributed by atoms with Gasteiger partial charge in [0, 0.05) is 30.9 Å². The van der Waals surface area contributed by atoms with Crippen LogP contribution < -0.4 is 4.74 Å². The summed E-state index contributed by atoms with van der Waals surface area (Å²) in [5, 5.41) is 4.12. The summed E-state index contributed by atoms with van der Waals surface area (Å²) in [4.78, 5) is 22.7. The van der Waals surface area contributed by atoms with Crippen LogP contribution in [0.4, 0.5) is 0 Å². The Bertz CT molecular complexity index is 993. The van der Waals surface area contributed by atoms with Gasteiger partial charge in [0.25, 0.3) is 5.91 Å². The van der Waals surface area contributed by atoms with Crippen LogP contribution in [0.25, 0.3) is 11.4 Å². The van der Waals surface area contributed by atoms with Gasteiger partial charge in [-0.1, -0.05) is 11.2 Å². The van der Waals surface area contributed by atoms with E-state index in [-0.39, 0.29) is 17.9 Å². The van der Waals surface area contributed by atoms with Crippen LogP contribution in [0.3, 0.4) is 0 Å². The van der Waals surface area contributed by atoms with Crippen molar-refractivity contribution in [2.45, 2.75) is 24.9 Å². The van der Waals surface area contributed by atoms with Crippen molar-refractivity contribution in [3.05, 3.63) is 60.2 Å². The molecular formula is C22H22N4O4. The molecule has 2 fully saturated rings. The Balaban J connectivity index is 1.16. The van der Waals surface area contributed by atoms with Crippen molar-refractivity contribution in [1.82, 2.24) is 20.0 Å². The Morgan fingerprint density at radius 2 is 1.87 bits per heavy atom. The van der Waals surface area contributed by atoms with Gasteiger partial charge in [-0.05, 0) is 49.2 Å². The number of carbonyl (C=O) groups is 1. The van der Waals surface area contributed by atoms with Crippen LogP contribution >= 0.6 is 0 Å². The lowest BCUT2D eigenvalue weighted by Crippen LogP contribution is -2.56. The van der Waals surface area contributed by atoms with Crippen LogP contribution in [0.15, 0.2) is 53.2 Å². The van der Waals surface area contributed by atoms with Crippen LogP contribution in [-0.2, 0) is 4.74 Å². The minimum absolute atomic E-state index is 0.0196. The van der Waals surface area contributed by atoms with Gasteiger partial charge in [0.1, 0.15) is 17.5 Å². The molecule has 0 N–H and O–H groups in total. The second-order valence-corrected chi connectivity index (χ2v) is 7.53.